The lowest BCUT2D eigenvalue weighted by atomic mass is 10.1. The van der Waals surface area contributed by atoms with Crippen LogP contribution >= 0.6 is 36.6 Å². The molecule has 12 heavy (non-hydrogen) atoms. The number of thiol groups is 1. The van der Waals surface area contributed by atoms with E-state index < -0.39 is 0 Å². The van der Waals surface area contributed by atoms with Gasteiger partial charge in [-0.15, -0.1) is 0 Å². The van der Waals surface area contributed by atoms with Gasteiger partial charge in [0.2, 0.25) is 0 Å². The third-order valence-electron chi connectivity index (χ3n) is 1.93. The van der Waals surface area contributed by atoms with Gasteiger partial charge < -0.3 is 4.90 Å². The molecule has 0 radical (unpaired) electrons. The molecular formula is C8H15NS3. The third kappa shape index (κ3) is 3.54. The summed E-state index contributed by atoms with van der Waals surface area (Å²) >= 11 is 11.2. The van der Waals surface area contributed by atoms with Gasteiger partial charge in [0, 0.05) is 18.8 Å². The molecule has 1 aliphatic rings. The molecule has 0 aromatic rings. The van der Waals surface area contributed by atoms with E-state index in [1.165, 1.54) is 32.4 Å². The number of nitrogens with zero attached hydrogens (tertiary/aromatic N) is 1. The predicted octanol–water partition coefficient (Wildman–Crippen LogP) is 2.42. The van der Waals surface area contributed by atoms with Gasteiger partial charge in [-0.2, -0.15) is 12.6 Å². The van der Waals surface area contributed by atoms with Gasteiger partial charge in [-0.1, -0.05) is 24.0 Å². The lowest BCUT2D eigenvalue weighted by molar-refractivity contribution is 0.352. The first-order chi connectivity index (χ1) is 5.84. The highest BCUT2D eigenvalue weighted by molar-refractivity contribution is 8.23. The van der Waals surface area contributed by atoms with Crippen LogP contribution in [0.2, 0.25) is 0 Å². The van der Waals surface area contributed by atoms with Gasteiger partial charge in [0.1, 0.15) is 4.32 Å². The standard InChI is InChI=1S/C8H15NS3/c10-6-7-12-8(11)9-4-2-1-3-5-9/h10H,1-7H2. The minimum Gasteiger partial charge on any atom is -0.358 e. The quantitative estimate of drug-likeness (QED) is 0.564. The molecule has 0 aromatic carbocycles. The molecule has 0 spiro atoms. The maximum Gasteiger partial charge on any atom is 0.136 e. The second kappa shape index (κ2) is 6.11. The van der Waals surface area contributed by atoms with Crippen LogP contribution in [0, 0.1) is 0 Å². The summed E-state index contributed by atoms with van der Waals surface area (Å²) in [6.45, 7) is 2.33. The van der Waals surface area contributed by atoms with E-state index in [9.17, 15) is 0 Å². The lowest BCUT2D eigenvalue weighted by Crippen LogP contribution is -2.32. The fourth-order valence-corrected chi connectivity index (χ4v) is 2.64. The van der Waals surface area contributed by atoms with E-state index in [0.29, 0.717) is 0 Å². The Bertz CT molecular complexity index is 143. The van der Waals surface area contributed by atoms with Crippen molar-refractivity contribution in [3.8, 4) is 0 Å². The fourth-order valence-electron chi connectivity index (χ4n) is 1.30. The second-order valence-electron chi connectivity index (χ2n) is 2.89. The zero-order valence-corrected chi connectivity index (χ0v) is 9.69. The Morgan fingerprint density at radius 2 is 2.00 bits per heavy atom. The first kappa shape index (κ1) is 10.7. The van der Waals surface area contributed by atoms with Crippen LogP contribution in [0.15, 0.2) is 0 Å². The highest BCUT2D eigenvalue weighted by Gasteiger charge is 2.12. The van der Waals surface area contributed by atoms with E-state index in [4.69, 9.17) is 12.2 Å². The summed E-state index contributed by atoms with van der Waals surface area (Å²) in [5.74, 6) is 1.96. The molecule has 0 N–H and O–H groups in total. The van der Waals surface area contributed by atoms with Crippen LogP contribution < -0.4 is 0 Å². The van der Waals surface area contributed by atoms with Crippen LogP contribution in [0.1, 0.15) is 19.3 Å². The normalized spacial score (nSPS) is 17.9. The van der Waals surface area contributed by atoms with Gasteiger partial charge in [0.25, 0.3) is 0 Å². The third-order valence-corrected chi connectivity index (χ3v) is 3.98. The summed E-state index contributed by atoms with van der Waals surface area (Å²) in [4.78, 5) is 2.33. The van der Waals surface area contributed by atoms with Crippen molar-refractivity contribution in [2.75, 3.05) is 24.6 Å². The summed E-state index contributed by atoms with van der Waals surface area (Å²) < 4.78 is 1.07. The van der Waals surface area contributed by atoms with Crippen molar-refractivity contribution in [3.63, 3.8) is 0 Å². The van der Waals surface area contributed by atoms with E-state index in [-0.39, 0.29) is 0 Å². The molecule has 70 valence electrons. The Morgan fingerprint density at radius 1 is 1.33 bits per heavy atom. The van der Waals surface area contributed by atoms with Crippen LogP contribution in [0.25, 0.3) is 0 Å². The highest BCUT2D eigenvalue weighted by atomic mass is 32.2. The number of thiocarbonyl (C=S) groups is 1. The van der Waals surface area contributed by atoms with E-state index in [2.05, 4.69) is 17.5 Å². The van der Waals surface area contributed by atoms with Crippen molar-refractivity contribution in [1.82, 2.24) is 4.90 Å². The Morgan fingerprint density at radius 3 is 2.58 bits per heavy atom. The van der Waals surface area contributed by atoms with E-state index >= 15 is 0 Å². The molecular weight excluding hydrogens is 206 g/mol. The average Bonchev–Trinajstić information content (AvgIpc) is 2.15. The Hall–Kier alpha value is 0.590. The highest BCUT2D eigenvalue weighted by Crippen LogP contribution is 2.15. The van der Waals surface area contributed by atoms with E-state index in [1.807, 2.05) is 0 Å². The Kier molecular flexibility index (Phi) is 5.43. The van der Waals surface area contributed by atoms with Crippen LogP contribution in [0.3, 0.4) is 0 Å². The molecule has 4 heteroatoms. The van der Waals surface area contributed by atoms with Crippen molar-refractivity contribution in [3.05, 3.63) is 0 Å². The van der Waals surface area contributed by atoms with Gasteiger partial charge in [-0.3, -0.25) is 0 Å². The smallest absolute Gasteiger partial charge is 0.136 e. The predicted molar refractivity (Wildman–Crippen MR) is 64.3 cm³/mol. The summed E-state index contributed by atoms with van der Waals surface area (Å²) in [6, 6.07) is 0. The minimum absolute atomic E-state index is 0.915. The molecule has 1 fully saturated rings. The van der Waals surface area contributed by atoms with Crippen molar-refractivity contribution in [2.45, 2.75) is 19.3 Å². The average molecular weight is 221 g/mol. The van der Waals surface area contributed by atoms with Gasteiger partial charge in [-0.25, -0.2) is 0 Å². The fraction of sp³-hybridized carbons (Fsp3) is 0.875. The molecule has 0 atom stereocenters. The van der Waals surface area contributed by atoms with Crippen molar-refractivity contribution < 1.29 is 0 Å². The molecule has 0 amide bonds. The number of hydrogen-bond donors (Lipinski definition) is 1. The SMILES string of the molecule is S=C(SCCS)N1CCCCC1. The maximum absolute atomic E-state index is 5.29. The van der Waals surface area contributed by atoms with Crippen LogP contribution in [0.4, 0.5) is 0 Å². The van der Waals surface area contributed by atoms with Gasteiger partial charge in [-0.05, 0) is 25.0 Å². The van der Waals surface area contributed by atoms with Crippen molar-refractivity contribution in [2.24, 2.45) is 0 Å². The molecule has 1 rings (SSSR count). The molecule has 0 unspecified atom stereocenters. The molecule has 0 saturated carbocycles. The molecule has 1 aliphatic heterocycles. The molecule has 0 aliphatic carbocycles. The maximum atomic E-state index is 5.29. The number of thioether (sulfide) groups is 1. The first-order valence-corrected chi connectivity index (χ1v) is 6.40. The Balaban J connectivity index is 2.20. The molecule has 0 aromatic heterocycles. The summed E-state index contributed by atoms with van der Waals surface area (Å²) in [5, 5.41) is 0. The van der Waals surface area contributed by atoms with Crippen LogP contribution in [-0.4, -0.2) is 33.8 Å². The number of likely N-dealkylation sites (tertiary alicyclic amines) is 1. The summed E-state index contributed by atoms with van der Waals surface area (Å²) in [6.07, 6.45) is 3.99. The summed E-state index contributed by atoms with van der Waals surface area (Å²) in [7, 11) is 0. The van der Waals surface area contributed by atoms with E-state index in [0.717, 1.165) is 15.8 Å². The zero-order chi connectivity index (χ0) is 8.81. The molecule has 0 bridgehead atoms. The molecule has 1 saturated heterocycles. The van der Waals surface area contributed by atoms with E-state index in [1.54, 1.807) is 11.8 Å². The van der Waals surface area contributed by atoms with Crippen LogP contribution in [0.5, 0.6) is 0 Å². The zero-order valence-electron chi connectivity index (χ0n) is 7.16. The topological polar surface area (TPSA) is 3.24 Å². The van der Waals surface area contributed by atoms with Gasteiger partial charge in [0.15, 0.2) is 0 Å². The monoisotopic (exact) mass is 221 g/mol. The minimum atomic E-state index is 0.915. The first-order valence-electron chi connectivity index (χ1n) is 4.37. The number of hydrogen-bond acceptors (Lipinski definition) is 3. The molecule has 1 nitrogen and oxygen atoms in total. The Labute approximate surface area is 89.7 Å². The largest absolute Gasteiger partial charge is 0.358 e. The lowest BCUT2D eigenvalue weighted by Gasteiger charge is -2.28. The molecule has 1 heterocycles. The van der Waals surface area contributed by atoms with Crippen molar-refractivity contribution in [1.29, 1.82) is 0 Å². The second-order valence-corrected chi connectivity index (χ2v) is 5.06. The number of rotatable bonds is 2. The van der Waals surface area contributed by atoms with Gasteiger partial charge >= 0.3 is 0 Å². The van der Waals surface area contributed by atoms with Crippen LogP contribution in [-0.2, 0) is 0 Å². The summed E-state index contributed by atoms with van der Waals surface area (Å²) in [5.41, 5.74) is 0. The number of piperidine rings is 1. The van der Waals surface area contributed by atoms with Crippen molar-refractivity contribution >= 4 is 40.9 Å². The van der Waals surface area contributed by atoms with Gasteiger partial charge in [0.05, 0.1) is 0 Å².